The summed E-state index contributed by atoms with van der Waals surface area (Å²) in [5.41, 5.74) is 3.10. The molecule has 0 radical (unpaired) electrons. The van der Waals surface area contributed by atoms with Crippen LogP contribution in [0.2, 0.25) is 0 Å². The summed E-state index contributed by atoms with van der Waals surface area (Å²) in [7, 11) is -3.47. The minimum absolute atomic E-state index is 0.132. The third-order valence-electron chi connectivity index (χ3n) is 2.58. The molecule has 1 aromatic rings. The first-order chi connectivity index (χ1) is 8.12. The molecule has 1 aliphatic heterocycles. The summed E-state index contributed by atoms with van der Waals surface area (Å²) >= 11 is 0. The van der Waals surface area contributed by atoms with Crippen LogP contribution in [0.1, 0.15) is 6.42 Å². The molecule has 1 aliphatic rings. The molecule has 0 aromatic heterocycles. The first-order valence-corrected chi connectivity index (χ1v) is 6.77. The van der Waals surface area contributed by atoms with Crippen molar-refractivity contribution in [2.45, 2.75) is 17.4 Å². The van der Waals surface area contributed by atoms with Gasteiger partial charge in [0.25, 0.3) is 0 Å². The Labute approximate surface area is 100 Å². The maximum Gasteiger partial charge on any atom is 0.240 e. The molecule has 1 fully saturated rings. The van der Waals surface area contributed by atoms with E-state index in [0.29, 0.717) is 25.3 Å². The smallest absolute Gasteiger partial charge is 0.240 e. The van der Waals surface area contributed by atoms with Gasteiger partial charge in [-0.1, -0.05) is 0 Å². The Morgan fingerprint density at radius 3 is 2.53 bits per heavy atom. The number of nitrogen functional groups attached to an aromatic ring is 1. The highest BCUT2D eigenvalue weighted by Gasteiger charge is 2.23. The average molecular weight is 257 g/mol. The van der Waals surface area contributed by atoms with E-state index in [9.17, 15) is 8.42 Å². The van der Waals surface area contributed by atoms with Crippen LogP contribution in [0.25, 0.3) is 0 Å². The van der Waals surface area contributed by atoms with Crippen LogP contribution in [-0.4, -0.2) is 27.7 Å². The molecule has 1 heterocycles. The number of hydrogen-bond acceptors (Lipinski definition) is 5. The Balaban J connectivity index is 2.12. The lowest BCUT2D eigenvalue weighted by Crippen LogP contribution is -2.34. The van der Waals surface area contributed by atoms with Gasteiger partial charge in [-0.2, -0.15) is 0 Å². The van der Waals surface area contributed by atoms with Crippen LogP contribution in [0.15, 0.2) is 29.2 Å². The van der Waals surface area contributed by atoms with Crippen molar-refractivity contribution >= 4 is 15.7 Å². The van der Waals surface area contributed by atoms with Gasteiger partial charge in [-0.25, -0.2) is 13.1 Å². The number of benzene rings is 1. The van der Waals surface area contributed by atoms with E-state index in [-0.39, 0.29) is 10.9 Å². The fraction of sp³-hybridized carbons (Fsp3) is 0.400. The molecule has 1 aromatic carbocycles. The molecule has 1 atom stereocenters. The van der Waals surface area contributed by atoms with Gasteiger partial charge in [0, 0.05) is 18.3 Å². The summed E-state index contributed by atoms with van der Waals surface area (Å²) in [5, 5.41) is 0. The van der Waals surface area contributed by atoms with Crippen LogP contribution in [0, 0.1) is 0 Å². The molecule has 0 saturated carbocycles. The molecular weight excluding hydrogens is 242 g/mol. The number of nitrogens with two attached hydrogens (primary N) is 1. The molecule has 1 saturated heterocycles. The standard InChI is InChI=1S/C10H15N3O3S/c11-12-8-1-3-10(4-2-8)17(14,15)13-9-5-6-16-7-9/h1-4,9,12-13H,5-7,11H2. The highest BCUT2D eigenvalue weighted by Crippen LogP contribution is 2.15. The number of rotatable bonds is 4. The Kier molecular flexibility index (Phi) is 3.63. The van der Waals surface area contributed by atoms with Crippen LogP contribution in [0.5, 0.6) is 0 Å². The van der Waals surface area contributed by atoms with Crippen molar-refractivity contribution in [3.63, 3.8) is 0 Å². The monoisotopic (exact) mass is 257 g/mol. The van der Waals surface area contributed by atoms with Gasteiger partial charge in [-0.05, 0) is 30.7 Å². The fourth-order valence-electron chi connectivity index (χ4n) is 1.65. The lowest BCUT2D eigenvalue weighted by atomic mass is 10.3. The zero-order valence-corrected chi connectivity index (χ0v) is 10.0. The zero-order valence-electron chi connectivity index (χ0n) is 9.22. The summed E-state index contributed by atoms with van der Waals surface area (Å²) in [6.07, 6.45) is 0.710. The summed E-state index contributed by atoms with van der Waals surface area (Å²) < 4.78 is 31.7. The predicted molar refractivity (Wildman–Crippen MR) is 63.8 cm³/mol. The largest absolute Gasteiger partial charge is 0.380 e. The molecule has 0 bridgehead atoms. The minimum Gasteiger partial charge on any atom is -0.380 e. The zero-order chi connectivity index (χ0) is 12.3. The van der Waals surface area contributed by atoms with E-state index in [1.165, 1.54) is 12.1 Å². The normalized spacial score (nSPS) is 20.4. The van der Waals surface area contributed by atoms with Crippen LogP contribution in [-0.2, 0) is 14.8 Å². The van der Waals surface area contributed by atoms with Crippen LogP contribution < -0.4 is 16.0 Å². The fourth-order valence-corrected chi connectivity index (χ4v) is 2.90. The molecule has 1 unspecified atom stereocenters. The van der Waals surface area contributed by atoms with Crippen LogP contribution in [0.4, 0.5) is 5.69 Å². The molecule has 17 heavy (non-hydrogen) atoms. The van der Waals surface area contributed by atoms with E-state index in [0.717, 1.165) is 0 Å². The van der Waals surface area contributed by atoms with Gasteiger partial charge in [-0.15, -0.1) is 0 Å². The SMILES string of the molecule is NNc1ccc(S(=O)(=O)NC2CCOC2)cc1. The highest BCUT2D eigenvalue weighted by molar-refractivity contribution is 7.89. The predicted octanol–water partition coefficient (Wildman–Crippen LogP) is 0.0394. The number of sulfonamides is 1. The van der Waals surface area contributed by atoms with Crippen molar-refractivity contribution in [1.29, 1.82) is 0 Å². The van der Waals surface area contributed by atoms with Gasteiger partial charge in [0.1, 0.15) is 0 Å². The van der Waals surface area contributed by atoms with Crippen LogP contribution >= 0.6 is 0 Å². The van der Waals surface area contributed by atoms with Gasteiger partial charge in [-0.3, -0.25) is 5.84 Å². The van der Waals surface area contributed by atoms with Crippen LogP contribution in [0.3, 0.4) is 0 Å². The first kappa shape index (κ1) is 12.3. The molecule has 7 heteroatoms. The summed E-state index contributed by atoms with van der Waals surface area (Å²) in [6, 6.07) is 6.10. The molecule has 4 N–H and O–H groups in total. The second-order valence-corrected chi connectivity index (χ2v) is 5.56. The number of nitrogens with one attached hydrogen (secondary N) is 2. The van der Waals surface area contributed by atoms with Gasteiger partial charge >= 0.3 is 0 Å². The molecule has 0 amide bonds. The highest BCUT2D eigenvalue weighted by atomic mass is 32.2. The third kappa shape index (κ3) is 2.95. The summed E-state index contributed by atoms with van der Waals surface area (Å²) in [6.45, 7) is 1.03. The Morgan fingerprint density at radius 1 is 1.29 bits per heavy atom. The van der Waals surface area contributed by atoms with Gasteiger partial charge in [0.15, 0.2) is 0 Å². The van der Waals surface area contributed by atoms with E-state index >= 15 is 0 Å². The molecular formula is C10H15N3O3S. The van der Waals surface area contributed by atoms with Crippen molar-refractivity contribution in [2.24, 2.45) is 5.84 Å². The number of hydrazine groups is 1. The molecule has 0 spiro atoms. The third-order valence-corrected chi connectivity index (χ3v) is 4.12. The molecule has 2 rings (SSSR count). The van der Waals surface area contributed by atoms with Crippen molar-refractivity contribution in [1.82, 2.24) is 4.72 Å². The Hall–Kier alpha value is -1.15. The quantitative estimate of drug-likeness (QED) is 0.523. The van der Waals surface area contributed by atoms with Crippen molar-refractivity contribution in [2.75, 3.05) is 18.6 Å². The van der Waals surface area contributed by atoms with E-state index in [4.69, 9.17) is 10.6 Å². The second kappa shape index (κ2) is 5.01. The lowest BCUT2D eigenvalue weighted by Gasteiger charge is -2.11. The van der Waals surface area contributed by atoms with Gasteiger partial charge in [0.05, 0.1) is 11.5 Å². The maximum absolute atomic E-state index is 12.0. The average Bonchev–Trinajstić information content (AvgIpc) is 2.81. The topological polar surface area (TPSA) is 93.5 Å². The van der Waals surface area contributed by atoms with Crippen molar-refractivity contribution in [3.05, 3.63) is 24.3 Å². The molecule has 0 aliphatic carbocycles. The van der Waals surface area contributed by atoms with Gasteiger partial charge < -0.3 is 10.2 Å². The maximum atomic E-state index is 12.0. The molecule has 6 nitrogen and oxygen atoms in total. The summed E-state index contributed by atoms with van der Waals surface area (Å²) in [4.78, 5) is 0.225. The lowest BCUT2D eigenvalue weighted by molar-refractivity contribution is 0.192. The van der Waals surface area contributed by atoms with E-state index in [1.807, 2.05) is 0 Å². The van der Waals surface area contributed by atoms with Gasteiger partial charge in [0.2, 0.25) is 10.0 Å². The second-order valence-electron chi connectivity index (χ2n) is 3.85. The van der Waals surface area contributed by atoms with E-state index < -0.39 is 10.0 Å². The van der Waals surface area contributed by atoms with E-state index in [1.54, 1.807) is 12.1 Å². The first-order valence-electron chi connectivity index (χ1n) is 5.28. The number of hydrogen-bond donors (Lipinski definition) is 3. The van der Waals surface area contributed by atoms with Crippen molar-refractivity contribution < 1.29 is 13.2 Å². The van der Waals surface area contributed by atoms with E-state index in [2.05, 4.69) is 10.1 Å². The number of ether oxygens (including phenoxy) is 1. The minimum atomic E-state index is -3.47. The number of anilines is 1. The molecule has 94 valence electrons. The summed E-state index contributed by atoms with van der Waals surface area (Å²) in [5.74, 6) is 5.21. The van der Waals surface area contributed by atoms with Crippen molar-refractivity contribution in [3.8, 4) is 0 Å². The Morgan fingerprint density at radius 2 is 2.00 bits per heavy atom. The Bertz CT molecular complexity index is 466.